The number of carbonyl (C=O) groups is 4. The molecule has 2 aromatic carbocycles. The summed E-state index contributed by atoms with van der Waals surface area (Å²) >= 11 is 0. The first-order valence-electron chi connectivity index (χ1n) is 13.8. The third kappa shape index (κ3) is 9.19. The zero-order valence-electron chi connectivity index (χ0n) is 23.9. The van der Waals surface area contributed by atoms with Gasteiger partial charge in [-0.3, -0.25) is 14.4 Å². The van der Waals surface area contributed by atoms with Gasteiger partial charge in [0.25, 0.3) is 0 Å². The number of carbonyl (C=O) groups excluding carboxylic acids is 3. The van der Waals surface area contributed by atoms with E-state index in [1.54, 1.807) is 57.2 Å². The standard InChI is InChI=1S/C31H41NO8/c1-6-11-19(3)29(35)39-24-16-15-23(17-25(24)40-30(36)20(4)12-7-2)26(27(32)28(33)34)21(5)18-38-31(37)22-13-9-8-10-14-22/h8-10,13-17,19-21,26-27H,6-7,11-12,18,32H2,1-5H3,(H,33,34)/t19?,20?,21?,26?,27-/m0/s1. The Morgan fingerprint density at radius 3 is 1.90 bits per heavy atom. The monoisotopic (exact) mass is 555 g/mol. The van der Waals surface area contributed by atoms with Gasteiger partial charge in [-0.1, -0.05) is 71.7 Å². The van der Waals surface area contributed by atoms with Crippen LogP contribution in [0.2, 0.25) is 0 Å². The van der Waals surface area contributed by atoms with Gasteiger partial charge in [0.1, 0.15) is 6.04 Å². The molecule has 0 aromatic heterocycles. The van der Waals surface area contributed by atoms with Crippen molar-refractivity contribution in [2.24, 2.45) is 23.5 Å². The molecule has 0 bridgehead atoms. The van der Waals surface area contributed by atoms with Crippen LogP contribution in [0.3, 0.4) is 0 Å². The summed E-state index contributed by atoms with van der Waals surface area (Å²) in [4.78, 5) is 49.9. The number of benzene rings is 2. The highest BCUT2D eigenvalue weighted by Gasteiger charge is 2.33. The molecule has 0 aliphatic rings. The van der Waals surface area contributed by atoms with Gasteiger partial charge in [-0.15, -0.1) is 0 Å². The molecule has 40 heavy (non-hydrogen) atoms. The normalized spacial score (nSPS) is 14.8. The van der Waals surface area contributed by atoms with Crippen molar-refractivity contribution in [1.82, 2.24) is 0 Å². The average Bonchev–Trinajstić information content (AvgIpc) is 2.93. The topological polar surface area (TPSA) is 142 Å². The third-order valence-corrected chi connectivity index (χ3v) is 6.79. The summed E-state index contributed by atoms with van der Waals surface area (Å²) in [5.41, 5.74) is 6.91. The first-order chi connectivity index (χ1) is 19.0. The maximum atomic E-state index is 12.8. The number of esters is 3. The second kappa shape index (κ2) is 15.8. The van der Waals surface area contributed by atoms with E-state index in [4.69, 9.17) is 19.9 Å². The first kappa shape index (κ1) is 32.5. The van der Waals surface area contributed by atoms with Crippen LogP contribution in [0.15, 0.2) is 48.5 Å². The van der Waals surface area contributed by atoms with Gasteiger partial charge >= 0.3 is 23.9 Å². The van der Waals surface area contributed by atoms with Crippen LogP contribution in [-0.4, -0.2) is 41.6 Å². The molecule has 4 unspecified atom stereocenters. The van der Waals surface area contributed by atoms with E-state index in [0.717, 1.165) is 12.8 Å². The van der Waals surface area contributed by atoms with E-state index in [0.29, 0.717) is 24.0 Å². The lowest BCUT2D eigenvalue weighted by Gasteiger charge is -2.28. The number of hydrogen-bond donors (Lipinski definition) is 2. The molecule has 9 nitrogen and oxygen atoms in total. The summed E-state index contributed by atoms with van der Waals surface area (Å²) in [5, 5.41) is 9.76. The largest absolute Gasteiger partial charge is 0.480 e. The molecular formula is C31H41NO8. The molecular weight excluding hydrogens is 514 g/mol. The van der Waals surface area contributed by atoms with Crippen molar-refractivity contribution >= 4 is 23.9 Å². The Labute approximate surface area is 236 Å². The van der Waals surface area contributed by atoms with E-state index < -0.39 is 47.7 Å². The fourth-order valence-corrected chi connectivity index (χ4v) is 4.43. The van der Waals surface area contributed by atoms with Gasteiger partial charge in [0, 0.05) is 5.92 Å². The van der Waals surface area contributed by atoms with Crippen LogP contribution < -0.4 is 15.2 Å². The number of rotatable bonds is 15. The molecule has 5 atom stereocenters. The van der Waals surface area contributed by atoms with Crippen molar-refractivity contribution in [1.29, 1.82) is 0 Å². The Bertz CT molecular complexity index is 1150. The Kier molecular flexibility index (Phi) is 12.8. The van der Waals surface area contributed by atoms with Gasteiger partial charge in [-0.05, 0) is 48.6 Å². The molecule has 0 heterocycles. The van der Waals surface area contributed by atoms with Crippen LogP contribution in [0.25, 0.3) is 0 Å². The second-order valence-corrected chi connectivity index (χ2v) is 10.3. The predicted molar refractivity (Wildman–Crippen MR) is 150 cm³/mol. The third-order valence-electron chi connectivity index (χ3n) is 6.79. The number of ether oxygens (including phenoxy) is 3. The quantitative estimate of drug-likeness (QED) is 0.219. The van der Waals surface area contributed by atoms with Crippen LogP contribution in [0.5, 0.6) is 11.5 Å². The highest BCUT2D eigenvalue weighted by atomic mass is 16.6. The minimum absolute atomic E-state index is 0.00132. The van der Waals surface area contributed by atoms with E-state index >= 15 is 0 Å². The minimum Gasteiger partial charge on any atom is -0.480 e. The fourth-order valence-electron chi connectivity index (χ4n) is 4.43. The molecule has 0 spiro atoms. The number of carboxylic acid groups (broad SMARTS) is 1. The molecule has 218 valence electrons. The molecule has 3 N–H and O–H groups in total. The lowest BCUT2D eigenvalue weighted by atomic mass is 9.82. The summed E-state index contributed by atoms with van der Waals surface area (Å²) in [6.45, 7) is 9.04. The zero-order valence-corrected chi connectivity index (χ0v) is 23.9. The number of nitrogens with two attached hydrogens (primary N) is 1. The number of hydrogen-bond acceptors (Lipinski definition) is 8. The van der Waals surface area contributed by atoms with Crippen LogP contribution in [0, 0.1) is 17.8 Å². The van der Waals surface area contributed by atoms with Crippen molar-refractivity contribution < 1.29 is 38.5 Å². The maximum absolute atomic E-state index is 12.8. The molecule has 0 aliphatic carbocycles. The molecule has 0 radical (unpaired) electrons. The fraction of sp³-hybridized carbons (Fsp3) is 0.484. The van der Waals surface area contributed by atoms with Crippen LogP contribution >= 0.6 is 0 Å². The second-order valence-electron chi connectivity index (χ2n) is 10.3. The minimum atomic E-state index is -1.36. The number of carboxylic acids is 1. The van der Waals surface area contributed by atoms with Crippen molar-refractivity contribution in [3.8, 4) is 11.5 Å². The van der Waals surface area contributed by atoms with Gasteiger partial charge in [0.2, 0.25) is 0 Å². The van der Waals surface area contributed by atoms with E-state index in [-0.39, 0.29) is 24.0 Å². The molecule has 2 aromatic rings. The molecule has 9 heteroatoms. The summed E-state index contributed by atoms with van der Waals surface area (Å²) in [5.74, 6) is -4.81. The summed E-state index contributed by atoms with van der Waals surface area (Å²) < 4.78 is 16.7. The van der Waals surface area contributed by atoms with E-state index in [1.807, 2.05) is 13.8 Å². The molecule has 2 rings (SSSR count). The Morgan fingerprint density at radius 1 is 0.825 bits per heavy atom. The summed E-state index contributed by atoms with van der Waals surface area (Å²) in [6.07, 6.45) is 2.82. The van der Waals surface area contributed by atoms with Crippen LogP contribution in [-0.2, 0) is 19.1 Å². The highest BCUT2D eigenvalue weighted by molar-refractivity contribution is 5.89. The van der Waals surface area contributed by atoms with Crippen molar-refractivity contribution in [3.63, 3.8) is 0 Å². The molecule has 0 fully saturated rings. The van der Waals surface area contributed by atoms with Gasteiger partial charge < -0.3 is 25.1 Å². The van der Waals surface area contributed by atoms with Crippen LogP contribution in [0.4, 0.5) is 0 Å². The summed E-state index contributed by atoms with van der Waals surface area (Å²) in [7, 11) is 0. The summed E-state index contributed by atoms with van der Waals surface area (Å²) in [6, 6.07) is 11.6. The van der Waals surface area contributed by atoms with E-state index in [2.05, 4.69) is 0 Å². The lowest BCUT2D eigenvalue weighted by molar-refractivity contribution is -0.141. The number of aliphatic carboxylic acids is 1. The maximum Gasteiger partial charge on any atom is 0.338 e. The van der Waals surface area contributed by atoms with Gasteiger partial charge in [0.15, 0.2) is 11.5 Å². The average molecular weight is 556 g/mol. The molecule has 0 saturated carbocycles. The van der Waals surface area contributed by atoms with E-state index in [1.165, 1.54) is 12.1 Å². The van der Waals surface area contributed by atoms with Crippen molar-refractivity contribution in [2.75, 3.05) is 6.61 Å². The zero-order chi connectivity index (χ0) is 29.8. The highest BCUT2D eigenvalue weighted by Crippen LogP contribution is 2.36. The molecule has 0 amide bonds. The van der Waals surface area contributed by atoms with Crippen molar-refractivity contribution in [3.05, 3.63) is 59.7 Å². The Hall–Kier alpha value is -3.72. The Morgan fingerprint density at radius 2 is 1.38 bits per heavy atom. The van der Waals surface area contributed by atoms with Crippen molar-refractivity contribution in [2.45, 2.75) is 72.3 Å². The smallest absolute Gasteiger partial charge is 0.338 e. The SMILES string of the molecule is CCCC(C)C(=O)Oc1ccc(C(C(C)COC(=O)c2ccccc2)[C@H](N)C(=O)O)cc1OC(=O)C(C)CCC. The van der Waals surface area contributed by atoms with Crippen LogP contribution in [0.1, 0.15) is 82.1 Å². The lowest BCUT2D eigenvalue weighted by Crippen LogP contribution is -2.40. The molecule has 0 aliphatic heterocycles. The van der Waals surface area contributed by atoms with Gasteiger partial charge in [-0.2, -0.15) is 0 Å². The van der Waals surface area contributed by atoms with E-state index in [9.17, 15) is 24.3 Å². The first-order valence-corrected chi connectivity index (χ1v) is 13.8. The van der Waals surface area contributed by atoms with Gasteiger partial charge in [0.05, 0.1) is 24.0 Å². The predicted octanol–water partition coefficient (Wildman–Crippen LogP) is 5.36. The molecule has 0 saturated heterocycles. The van der Waals surface area contributed by atoms with Gasteiger partial charge in [-0.25, -0.2) is 4.79 Å². The Balaban J connectivity index is 2.41.